The van der Waals surface area contributed by atoms with Crippen molar-refractivity contribution in [1.29, 1.82) is 0 Å². The van der Waals surface area contributed by atoms with E-state index in [1.807, 2.05) is 12.1 Å². The van der Waals surface area contributed by atoms with Crippen LogP contribution in [0.2, 0.25) is 0 Å². The van der Waals surface area contributed by atoms with Gasteiger partial charge in [-0.15, -0.1) is 0 Å². The van der Waals surface area contributed by atoms with Crippen LogP contribution in [0.5, 0.6) is 0 Å². The van der Waals surface area contributed by atoms with Gasteiger partial charge < -0.3 is 4.74 Å². The maximum absolute atomic E-state index is 13.2. The molecule has 2 nitrogen and oxygen atoms in total. The molecule has 0 N–H and O–H groups in total. The Morgan fingerprint density at radius 2 is 1.86 bits per heavy atom. The first kappa shape index (κ1) is 13.7. The molecule has 0 bridgehead atoms. The van der Waals surface area contributed by atoms with Crippen molar-refractivity contribution in [3.05, 3.63) is 59.1 Å². The van der Waals surface area contributed by atoms with Crippen molar-refractivity contribution < 1.29 is 13.9 Å². The van der Waals surface area contributed by atoms with Crippen molar-refractivity contribution in [1.82, 2.24) is 0 Å². The molecular weight excluding hydrogens is 279 g/mol. The van der Waals surface area contributed by atoms with E-state index in [1.54, 1.807) is 0 Å². The molecule has 4 rings (SSSR count). The average molecular weight is 298 g/mol. The van der Waals surface area contributed by atoms with E-state index in [4.69, 9.17) is 4.74 Å². The number of ketones is 1. The average Bonchev–Trinajstić information content (AvgIpc) is 2.96. The van der Waals surface area contributed by atoms with Crippen molar-refractivity contribution in [3.8, 4) is 0 Å². The number of hydrogen-bond acceptors (Lipinski definition) is 2. The van der Waals surface area contributed by atoms with Crippen molar-refractivity contribution in [2.45, 2.75) is 38.7 Å². The molecule has 1 aromatic rings. The summed E-state index contributed by atoms with van der Waals surface area (Å²) in [5, 5.41) is 0. The second kappa shape index (κ2) is 4.55. The first-order chi connectivity index (χ1) is 10.4. The van der Waals surface area contributed by atoms with Crippen molar-refractivity contribution in [3.63, 3.8) is 0 Å². The SMILES string of the molecule is CC1(C)CC(=O)C2=C(C1)O[C@@H]1C=C[C@@H](c3ccc(F)cc3)[C@H]21. The molecule has 1 aromatic carbocycles. The van der Waals surface area contributed by atoms with Gasteiger partial charge in [0.25, 0.3) is 0 Å². The van der Waals surface area contributed by atoms with E-state index in [9.17, 15) is 9.18 Å². The maximum atomic E-state index is 13.2. The van der Waals surface area contributed by atoms with Crippen LogP contribution in [0.3, 0.4) is 0 Å². The van der Waals surface area contributed by atoms with Gasteiger partial charge >= 0.3 is 0 Å². The number of hydrogen-bond donors (Lipinski definition) is 0. The molecule has 0 radical (unpaired) electrons. The van der Waals surface area contributed by atoms with Gasteiger partial charge in [-0.3, -0.25) is 4.79 Å². The van der Waals surface area contributed by atoms with E-state index in [1.165, 1.54) is 12.1 Å². The molecule has 2 aliphatic carbocycles. The fourth-order valence-corrected chi connectivity index (χ4v) is 4.05. The summed E-state index contributed by atoms with van der Waals surface area (Å²) in [6.45, 7) is 4.22. The van der Waals surface area contributed by atoms with Gasteiger partial charge in [0.05, 0.1) is 0 Å². The van der Waals surface area contributed by atoms with E-state index < -0.39 is 0 Å². The lowest BCUT2D eigenvalue weighted by molar-refractivity contribution is -0.118. The van der Waals surface area contributed by atoms with E-state index in [2.05, 4.69) is 26.0 Å². The second-order valence-electron chi connectivity index (χ2n) is 7.35. The van der Waals surface area contributed by atoms with Gasteiger partial charge in [-0.1, -0.05) is 32.1 Å². The molecule has 0 spiro atoms. The van der Waals surface area contributed by atoms with Crippen LogP contribution in [0.4, 0.5) is 4.39 Å². The van der Waals surface area contributed by atoms with Crippen LogP contribution in [0.25, 0.3) is 0 Å². The summed E-state index contributed by atoms with van der Waals surface area (Å²) in [6.07, 6.45) is 5.51. The molecule has 0 amide bonds. The quantitative estimate of drug-likeness (QED) is 0.728. The standard InChI is InChI=1S/C19H19FO2/c1-19(2)9-14(21)18-16(10-19)22-15-8-7-13(17(15)18)11-3-5-12(20)6-4-11/h3-8,13,15,17H,9-10H2,1-2H3/t13-,15+,17-/m0/s1. The summed E-state index contributed by atoms with van der Waals surface area (Å²) >= 11 is 0. The third kappa shape index (κ3) is 2.03. The Labute approximate surface area is 129 Å². The minimum atomic E-state index is -0.236. The molecule has 22 heavy (non-hydrogen) atoms. The summed E-state index contributed by atoms with van der Waals surface area (Å²) in [4.78, 5) is 12.6. The highest BCUT2D eigenvalue weighted by Crippen LogP contribution is 2.52. The van der Waals surface area contributed by atoms with Gasteiger partial charge in [0.15, 0.2) is 5.78 Å². The van der Waals surface area contributed by atoms with Gasteiger partial charge in [-0.25, -0.2) is 4.39 Å². The van der Waals surface area contributed by atoms with Crippen LogP contribution in [0, 0.1) is 17.2 Å². The van der Waals surface area contributed by atoms with Crippen LogP contribution in [0.15, 0.2) is 47.7 Å². The number of halogens is 1. The molecule has 0 saturated carbocycles. The van der Waals surface area contributed by atoms with E-state index >= 15 is 0 Å². The number of fused-ring (bicyclic) bond motifs is 2. The van der Waals surface area contributed by atoms with Crippen LogP contribution in [-0.4, -0.2) is 11.9 Å². The number of carbonyl (C=O) groups is 1. The van der Waals surface area contributed by atoms with Crippen LogP contribution in [-0.2, 0) is 9.53 Å². The van der Waals surface area contributed by atoms with Gasteiger partial charge in [0, 0.05) is 30.3 Å². The molecule has 0 fully saturated rings. The second-order valence-corrected chi connectivity index (χ2v) is 7.35. The van der Waals surface area contributed by atoms with E-state index in [0.717, 1.165) is 23.3 Å². The van der Waals surface area contributed by atoms with Crippen molar-refractivity contribution >= 4 is 5.78 Å². The third-order valence-corrected chi connectivity index (χ3v) is 4.99. The lowest BCUT2D eigenvalue weighted by Gasteiger charge is -2.30. The van der Waals surface area contributed by atoms with E-state index in [-0.39, 0.29) is 35.0 Å². The lowest BCUT2D eigenvalue weighted by Crippen LogP contribution is -2.28. The zero-order chi connectivity index (χ0) is 15.5. The smallest absolute Gasteiger partial charge is 0.163 e. The lowest BCUT2D eigenvalue weighted by atomic mass is 9.72. The minimum absolute atomic E-state index is 0.0242. The number of ether oxygens (including phenoxy) is 1. The summed E-state index contributed by atoms with van der Waals surface area (Å²) in [7, 11) is 0. The maximum Gasteiger partial charge on any atom is 0.163 e. The molecule has 0 aromatic heterocycles. The minimum Gasteiger partial charge on any atom is -0.490 e. The van der Waals surface area contributed by atoms with Crippen molar-refractivity contribution in [2.75, 3.05) is 0 Å². The predicted molar refractivity (Wildman–Crippen MR) is 81.7 cm³/mol. The summed E-state index contributed by atoms with van der Waals surface area (Å²) in [6, 6.07) is 6.58. The zero-order valence-corrected chi connectivity index (χ0v) is 12.8. The molecule has 3 heteroatoms. The molecule has 1 heterocycles. The fourth-order valence-electron chi connectivity index (χ4n) is 4.05. The Bertz CT molecular complexity index is 697. The largest absolute Gasteiger partial charge is 0.490 e. The number of allylic oxidation sites excluding steroid dienone is 2. The van der Waals surface area contributed by atoms with Gasteiger partial charge in [0.2, 0.25) is 0 Å². The Morgan fingerprint density at radius 3 is 2.59 bits per heavy atom. The summed E-state index contributed by atoms with van der Waals surface area (Å²) in [5.74, 6) is 1.02. The summed E-state index contributed by atoms with van der Waals surface area (Å²) in [5.41, 5.74) is 1.90. The zero-order valence-electron chi connectivity index (χ0n) is 12.8. The van der Waals surface area contributed by atoms with Crippen LogP contribution in [0.1, 0.15) is 38.2 Å². The van der Waals surface area contributed by atoms with Gasteiger partial charge in [0.1, 0.15) is 17.7 Å². The van der Waals surface area contributed by atoms with Crippen LogP contribution >= 0.6 is 0 Å². The first-order valence-electron chi connectivity index (χ1n) is 7.81. The monoisotopic (exact) mass is 298 g/mol. The van der Waals surface area contributed by atoms with E-state index in [0.29, 0.717) is 6.42 Å². The Kier molecular flexibility index (Phi) is 2.84. The molecule has 0 saturated heterocycles. The molecule has 3 aliphatic rings. The number of carbonyl (C=O) groups excluding carboxylic acids is 1. The predicted octanol–water partition coefficient (Wildman–Crippen LogP) is 4.14. The number of rotatable bonds is 1. The van der Waals surface area contributed by atoms with Gasteiger partial charge in [-0.2, -0.15) is 0 Å². The molecule has 0 unspecified atom stereocenters. The topological polar surface area (TPSA) is 26.3 Å². The highest BCUT2D eigenvalue weighted by Gasteiger charge is 2.49. The highest BCUT2D eigenvalue weighted by atomic mass is 19.1. The Hall–Kier alpha value is -1.90. The Morgan fingerprint density at radius 1 is 1.14 bits per heavy atom. The summed E-state index contributed by atoms with van der Waals surface area (Å²) < 4.78 is 19.2. The molecule has 114 valence electrons. The van der Waals surface area contributed by atoms with Gasteiger partial charge in [-0.05, 0) is 29.2 Å². The Balaban J connectivity index is 1.71. The number of benzene rings is 1. The molecular formula is C19H19FO2. The highest BCUT2D eigenvalue weighted by molar-refractivity contribution is 5.98. The first-order valence-corrected chi connectivity index (χ1v) is 7.81. The third-order valence-electron chi connectivity index (χ3n) is 4.99. The molecule has 1 aliphatic heterocycles. The number of Topliss-reactive ketones (excluding diaryl/α,β-unsaturated/α-hetero) is 1. The van der Waals surface area contributed by atoms with Crippen molar-refractivity contribution in [2.24, 2.45) is 11.3 Å². The molecule has 3 atom stereocenters. The fraction of sp³-hybridized carbons (Fsp3) is 0.421. The van der Waals surface area contributed by atoms with Crippen LogP contribution < -0.4 is 0 Å². The normalized spacial score (nSPS) is 32.0.